The van der Waals surface area contributed by atoms with Crippen molar-refractivity contribution in [2.24, 2.45) is 0 Å². The minimum absolute atomic E-state index is 0.342. The van der Waals surface area contributed by atoms with E-state index in [0.29, 0.717) is 18.0 Å². The summed E-state index contributed by atoms with van der Waals surface area (Å²) in [7, 11) is 1.75. The monoisotopic (exact) mass is 194 g/mol. The zero-order valence-electron chi connectivity index (χ0n) is 8.63. The van der Waals surface area contributed by atoms with Gasteiger partial charge >= 0.3 is 5.97 Å². The van der Waals surface area contributed by atoms with Crippen LogP contribution in [-0.2, 0) is 4.74 Å². The molecule has 0 saturated carbocycles. The summed E-state index contributed by atoms with van der Waals surface area (Å²) in [6, 6.07) is 3.66. The van der Waals surface area contributed by atoms with Gasteiger partial charge in [0.25, 0.3) is 0 Å². The average molecular weight is 194 g/mol. The van der Waals surface area contributed by atoms with E-state index in [0.717, 1.165) is 5.69 Å². The van der Waals surface area contributed by atoms with Crippen molar-refractivity contribution in [3.05, 3.63) is 23.5 Å². The molecule has 1 heterocycles. The Morgan fingerprint density at radius 3 is 2.86 bits per heavy atom. The molecule has 0 bridgehead atoms. The van der Waals surface area contributed by atoms with Crippen LogP contribution in [0.5, 0.6) is 0 Å². The SMILES string of the molecule is CCOC(=O)c1nc(C)ccc1NC. The largest absolute Gasteiger partial charge is 0.461 e. The lowest BCUT2D eigenvalue weighted by Crippen LogP contribution is -2.11. The van der Waals surface area contributed by atoms with E-state index >= 15 is 0 Å². The van der Waals surface area contributed by atoms with Crippen LogP contribution >= 0.6 is 0 Å². The fourth-order valence-electron chi connectivity index (χ4n) is 1.11. The minimum atomic E-state index is -0.388. The molecule has 0 aliphatic rings. The van der Waals surface area contributed by atoms with Crippen molar-refractivity contribution in [1.29, 1.82) is 0 Å². The highest BCUT2D eigenvalue weighted by Crippen LogP contribution is 2.14. The molecule has 4 heteroatoms. The molecular formula is C10H14N2O2. The third-order valence-electron chi connectivity index (χ3n) is 1.77. The normalized spacial score (nSPS) is 9.64. The van der Waals surface area contributed by atoms with Gasteiger partial charge in [-0.15, -0.1) is 0 Å². The van der Waals surface area contributed by atoms with E-state index in [1.165, 1.54) is 0 Å². The average Bonchev–Trinajstić information content (AvgIpc) is 2.18. The molecule has 1 rings (SSSR count). The summed E-state index contributed by atoms with van der Waals surface area (Å²) >= 11 is 0. The Hall–Kier alpha value is -1.58. The molecule has 1 N–H and O–H groups in total. The molecule has 0 aliphatic carbocycles. The number of rotatable bonds is 3. The van der Waals surface area contributed by atoms with E-state index in [-0.39, 0.29) is 5.97 Å². The highest BCUT2D eigenvalue weighted by Gasteiger charge is 2.13. The summed E-state index contributed by atoms with van der Waals surface area (Å²) in [6.45, 7) is 3.96. The van der Waals surface area contributed by atoms with Crippen molar-refractivity contribution in [2.45, 2.75) is 13.8 Å². The lowest BCUT2D eigenvalue weighted by molar-refractivity contribution is 0.0520. The highest BCUT2D eigenvalue weighted by molar-refractivity contribution is 5.93. The lowest BCUT2D eigenvalue weighted by atomic mass is 10.2. The summed E-state index contributed by atoms with van der Waals surface area (Å²) in [5.41, 5.74) is 1.83. The highest BCUT2D eigenvalue weighted by atomic mass is 16.5. The van der Waals surface area contributed by atoms with Crippen LogP contribution < -0.4 is 5.32 Å². The first-order chi connectivity index (χ1) is 6.69. The second-order valence-corrected chi connectivity index (χ2v) is 2.82. The molecular weight excluding hydrogens is 180 g/mol. The molecule has 1 aromatic rings. The third-order valence-corrected chi connectivity index (χ3v) is 1.77. The topological polar surface area (TPSA) is 51.2 Å². The first-order valence-electron chi connectivity index (χ1n) is 4.51. The maximum atomic E-state index is 11.5. The quantitative estimate of drug-likeness (QED) is 0.743. The van der Waals surface area contributed by atoms with E-state index in [2.05, 4.69) is 10.3 Å². The number of ether oxygens (including phenoxy) is 1. The van der Waals surface area contributed by atoms with Gasteiger partial charge in [-0.05, 0) is 26.0 Å². The summed E-state index contributed by atoms with van der Waals surface area (Å²) < 4.78 is 4.88. The standard InChI is InChI=1S/C10H14N2O2/c1-4-14-10(13)9-8(11-3)6-5-7(2)12-9/h5-6,11H,4H2,1-3H3. The van der Waals surface area contributed by atoms with Crippen LogP contribution in [0.3, 0.4) is 0 Å². The van der Waals surface area contributed by atoms with Crippen molar-refractivity contribution in [2.75, 3.05) is 19.0 Å². The van der Waals surface area contributed by atoms with Crippen molar-refractivity contribution in [3.8, 4) is 0 Å². The Morgan fingerprint density at radius 1 is 1.57 bits per heavy atom. The van der Waals surface area contributed by atoms with Crippen LogP contribution in [0.25, 0.3) is 0 Å². The Bertz CT molecular complexity index is 337. The van der Waals surface area contributed by atoms with Gasteiger partial charge in [-0.25, -0.2) is 9.78 Å². The van der Waals surface area contributed by atoms with E-state index in [1.54, 1.807) is 14.0 Å². The molecule has 0 unspecified atom stereocenters. The summed E-state index contributed by atoms with van der Waals surface area (Å²) in [6.07, 6.45) is 0. The molecule has 0 amide bonds. The number of carbonyl (C=O) groups excluding carboxylic acids is 1. The van der Waals surface area contributed by atoms with Gasteiger partial charge in [0, 0.05) is 12.7 Å². The van der Waals surface area contributed by atoms with Gasteiger partial charge in [0.05, 0.1) is 12.3 Å². The first-order valence-corrected chi connectivity index (χ1v) is 4.51. The van der Waals surface area contributed by atoms with Crippen molar-refractivity contribution in [1.82, 2.24) is 4.98 Å². The number of aromatic nitrogens is 1. The van der Waals surface area contributed by atoms with Crippen LogP contribution in [0.1, 0.15) is 23.1 Å². The Kier molecular flexibility index (Phi) is 3.45. The Labute approximate surface area is 83.3 Å². The third kappa shape index (κ3) is 2.22. The van der Waals surface area contributed by atoms with Gasteiger partial charge in [0.15, 0.2) is 5.69 Å². The number of hydrogen-bond donors (Lipinski definition) is 1. The van der Waals surface area contributed by atoms with Gasteiger partial charge in [0.1, 0.15) is 0 Å². The second kappa shape index (κ2) is 4.60. The molecule has 0 fully saturated rings. The molecule has 0 spiro atoms. The first kappa shape index (κ1) is 10.5. The van der Waals surface area contributed by atoms with Crippen molar-refractivity contribution in [3.63, 3.8) is 0 Å². The number of nitrogens with zero attached hydrogens (tertiary/aromatic N) is 1. The number of pyridine rings is 1. The molecule has 0 radical (unpaired) electrons. The molecule has 0 aromatic carbocycles. The molecule has 0 atom stereocenters. The van der Waals surface area contributed by atoms with Crippen LogP contribution in [0.2, 0.25) is 0 Å². The summed E-state index contributed by atoms with van der Waals surface area (Å²) in [5, 5.41) is 2.90. The lowest BCUT2D eigenvalue weighted by Gasteiger charge is -2.07. The summed E-state index contributed by atoms with van der Waals surface area (Å²) in [5.74, 6) is -0.388. The van der Waals surface area contributed by atoms with Gasteiger partial charge in [0.2, 0.25) is 0 Å². The molecule has 0 saturated heterocycles. The number of hydrogen-bond acceptors (Lipinski definition) is 4. The summed E-state index contributed by atoms with van der Waals surface area (Å²) in [4.78, 5) is 15.6. The zero-order chi connectivity index (χ0) is 10.6. The van der Waals surface area contributed by atoms with Gasteiger partial charge in [-0.2, -0.15) is 0 Å². The second-order valence-electron chi connectivity index (χ2n) is 2.82. The van der Waals surface area contributed by atoms with Crippen molar-refractivity contribution >= 4 is 11.7 Å². The predicted octanol–water partition coefficient (Wildman–Crippen LogP) is 1.61. The van der Waals surface area contributed by atoms with E-state index in [4.69, 9.17) is 4.74 Å². The fraction of sp³-hybridized carbons (Fsp3) is 0.400. The van der Waals surface area contributed by atoms with Crippen LogP contribution in [-0.4, -0.2) is 24.6 Å². The Balaban J connectivity index is 3.03. The molecule has 1 aromatic heterocycles. The van der Waals surface area contributed by atoms with Crippen LogP contribution in [0, 0.1) is 6.92 Å². The molecule has 14 heavy (non-hydrogen) atoms. The predicted molar refractivity (Wildman–Crippen MR) is 54.5 cm³/mol. The van der Waals surface area contributed by atoms with Crippen molar-refractivity contribution < 1.29 is 9.53 Å². The van der Waals surface area contributed by atoms with E-state index < -0.39 is 0 Å². The van der Waals surface area contributed by atoms with Crippen LogP contribution in [0.4, 0.5) is 5.69 Å². The zero-order valence-corrected chi connectivity index (χ0v) is 8.63. The fourth-order valence-corrected chi connectivity index (χ4v) is 1.11. The number of carbonyl (C=O) groups is 1. The Morgan fingerprint density at radius 2 is 2.29 bits per heavy atom. The number of aryl methyl sites for hydroxylation is 1. The number of anilines is 1. The number of nitrogens with one attached hydrogen (secondary N) is 1. The van der Waals surface area contributed by atoms with E-state index in [9.17, 15) is 4.79 Å². The van der Waals surface area contributed by atoms with Gasteiger partial charge in [-0.1, -0.05) is 0 Å². The smallest absolute Gasteiger partial charge is 0.359 e. The minimum Gasteiger partial charge on any atom is -0.461 e. The molecule has 4 nitrogen and oxygen atoms in total. The van der Waals surface area contributed by atoms with Gasteiger partial charge < -0.3 is 10.1 Å². The molecule has 0 aliphatic heterocycles. The molecule has 76 valence electrons. The maximum Gasteiger partial charge on any atom is 0.359 e. The van der Waals surface area contributed by atoms with Gasteiger partial charge in [-0.3, -0.25) is 0 Å². The number of esters is 1. The maximum absolute atomic E-state index is 11.5. The van der Waals surface area contributed by atoms with E-state index in [1.807, 2.05) is 19.1 Å². The van der Waals surface area contributed by atoms with Crippen LogP contribution in [0.15, 0.2) is 12.1 Å².